The van der Waals surface area contributed by atoms with Crippen LogP contribution in [0.3, 0.4) is 0 Å². The van der Waals surface area contributed by atoms with E-state index in [1.165, 1.54) is 145 Å². The summed E-state index contributed by atoms with van der Waals surface area (Å²) in [4.78, 5) is 0. The van der Waals surface area contributed by atoms with Crippen LogP contribution in [0.25, 0.3) is 5.57 Å². The lowest BCUT2D eigenvalue weighted by atomic mass is 9.59. The summed E-state index contributed by atoms with van der Waals surface area (Å²) < 4.78 is 0.340. The zero-order valence-electron chi connectivity index (χ0n) is 33.4. The van der Waals surface area contributed by atoms with Crippen molar-refractivity contribution < 1.29 is 0 Å². The van der Waals surface area contributed by atoms with Crippen molar-refractivity contribution in [3.05, 3.63) is 76.0 Å². The van der Waals surface area contributed by atoms with E-state index in [1.807, 2.05) is 16.7 Å². The lowest BCUT2D eigenvalue weighted by Crippen LogP contribution is -2.48. The molecule has 0 heterocycles. The van der Waals surface area contributed by atoms with Gasteiger partial charge in [-0.25, -0.2) is 0 Å². The third kappa shape index (κ3) is 7.67. The van der Waals surface area contributed by atoms with Gasteiger partial charge in [-0.2, -0.15) is 0 Å². The maximum atomic E-state index is 4.05. The molecule has 2 heteroatoms. The second-order valence-electron chi connectivity index (χ2n) is 18.6. The van der Waals surface area contributed by atoms with Crippen LogP contribution in [0.4, 0.5) is 0 Å². The summed E-state index contributed by atoms with van der Waals surface area (Å²) in [5.41, 5.74) is 12.3. The lowest BCUT2D eigenvalue weighted by molar-refractivity contribution is 0.149. The summed E-state index contributed by atoms with van der Waals surface area (Å²) in [6, 6.07) is 10.7. The van der Waals surface area contributed by atoms with Crippen molar-refractivity contribution in [1.82, 2.24) is 5.32 Å². The lowest BCUT2D eigenvalue weighted by Gasteiger charge is -2.51. The standard InChI is InChI=1S/C49H72IN/c1-6-47(5,7-2)43-23-17-36(18-24-43)39-29-31-49(50,32-30-39)48(8-3,9-4)44-25-19-35(20-26-44)37-21-27-45(28-22-37)51-46-12-10-11-40(34-46)42-16-14-38-13-15-41(38)33-42/h17,19-21,25-27,39-40,42-43,46,51H,6-16,18,22-24,28-34H2,1-5H3. The molecule has 4 atom stereocenters. The zero-order valence-corrected chi connectivity index (χ0v) is 35.5. The molecule has 1 nitrogen and oxygen atoms in total. The van der Waals surface area contributed by atoms with Gasteiger partial charge in [0, 0.05) is 20.6 Å². The smallest absolute Gasteiger partial charge is 0.0319 e. The molecule has 51 heavy (non-hydrogen) atoms. The average Bonchev–Trinajstić information content (AvgIpc) is 3.17. The Bertz CT molecular complexity index is 1470. The van der Waals surface area contributed by atoms with Crippen molar-refractivity contribution in [2.24, 2.45) is 29.1 Å². The van der Waals surface area contributed by atoms with E-state index in [1.54, 1.807) is 5.56 Å². The molecule has 0 saturated heterocycles. The molecule has 0 aliphatic heterocycles. The molecule has 0 aromatic heterocycles. The van der Waals surface area contributed by atoms with Crippen LogP contribution in [0.2, 0.25) is 0 Å². The number of nitrogens with one attached hydrogen (secondary N) is 1. The van der Waals surface area contributed by atoms with Crippen LogP contribution in [0, 0.1) is 29.1 Å². The van der Waals surface area contributed by atoms with E-state index in [2.05, 4.69) is 105 Å². The molecule has 4 unspecified atom stereocenters. The van der Waals surface area contributed by atoms with Crippen molar-refractivity contribution in [3.63, 3.8) is 0 Å². The minimum absolute atomic E-state index is 0.248. The molecule has 0 spiro atoms. The average molecular weight is 802 g/mol. The molecule has 6 aliphatic rings. The summed E-state index contributed by atoms with van der Waals surface area (Å²) in [6.07, 6.45) is 37.4. The van der Waals surface area contributed by atoms with Crippen LogP contribution in [-0.4, -0.2) is 9.46 Å². The fraction of sp³-hybridized carbons (Fsp3) is 0.714. The van der Waals surface area contributed by atoms with Gasteiger partial charge < -0.3 is 5.32 Å². The van der Waals surface area contributed by atoms with Gasteiger partial charge >= 0.3 is 0 Å². The van der Waals surface area contributed by atoms with Crippen LogP contribution >= 0.6 is 22.6 Å². The van der Waals surface area contributed by atoms with Crippen LogP contribution in [0.15, 0.2) is 64.9 Å². The molecule has 2 saturated carbocycles. The molecule has 0 amide bonds. The monoisotopic (exact) mass is 801 g/mol. The summed E-state index contributed by atoms with van der Waals surface area (Å²) in [6.45, 7) is 12.3. The number of benzene rings is 1. The van der Waals surface area contributed by atoms with E-state index in [9.17, 15) is 0 Å². The number of allylic oxidation sites excluding steroid dienone is 8. The molecule has 7 rings (SSSR count). The van der Waals surface area contributed by atoms with Crippen molar-refractivity contribution in [1.29, 1.82) is 0 Å². The van der Waals surface area contributed by atoms with E-state index < -0.39 is 0 Å². The number of alkyl halides is 1. The van der Waals surface area contributed by atoms with Gasteiger partial charge in [-0.1, -0.05) is 136 Å². The first kappa shape index (κ1) is 38.0. The Morgan fingerprint density at radius 1 is 0.745 bits per heavy atom. The van der Waals surface area contributed by atoms with Crippen LogP contribution in [-0.2, 0) is 5.41 Å². The van der Waals surface area contributed by atoms with Gasteiger partial charge in [0.05, 0.1) is 0 Å². The Hall–Kier alpha value is -1.29. The third-order valence-corrected chi connectivity index (χ3v) is 18.8. The van der Waals surface area contributed by atoms with Gasteiger partial charge in [-0.3, -0.25) is 0 Å². The first-order chi connectivity index (χ1) is 24.7. The number of hydrogen-bond acceptors (Lipinski definition) is 1. The summed E-state index contributed by atoms with van der Waals surface area (Å²) in [5.74, 6) is 3.62. The molecular weight excluding hydrogens is 729 g/mol. The summed E-state index contributed by atoms with van der Waals surface area (Å²) >= 11 is 2.96. The Kier molecular flexibility index (Phi) is 12.1. The number of hydrogen-bond donors (Lipinski definition) is 1. The second-order valence-corrected chi connectivity index (χ2v) is 20.6. The highest BCUT2D eigenvalue weighted by atomic mass is 127. The van der Waals surface area contributed by atoms with Gasteiger partial charge in [0.1, 0.15) is 0 Å². The highest BCUT2D eigenvalue weighted by Crippen LogP contribution is 2.57. The van der Waals surface area contributed by atoms with E-state index in [-0.39, 0.29) is 5.41 Å². The van der Waals surface area contributed by atoms with Crippen molar-refractivity contribution in [2.75, 3.05) is 0 Å². The van der Waals surface area contributed by atoms with Gasteiger partial charge in [-0.05, 0) is 167 Å². The van der Waals surface area contributed by atoms with Gasteiger partial charge in [0.2, 0.25) is 0 Å². The van der Waals surface area contributed by atoms with Gasteiger partial charge in [0.15, 0.2) is 0 Å². The summed E-state index contributed by atoms with van der Waals surface area (Å²) in [7, 11) is 0. The topological polar surface area (TPSA) is 12.0 Å². The van der Waals surface area contributed by atoms with E-state index in [0.29, 0.717) is 14.9 Å². The molecule has 1 N–H and O–H groups in total. The second kappa shape index (κ2) is 16.2. The number of halogens is 1. The molecule has 2 fully saturated rings. The fourth-order valence-electron chi connectivity index (χ4n) is 12.4. The van der Waals surface area contributed by atoms with E-state index in [4.69, 9.17) is 0 Å². The normalized spacial score (nSPS) is 32.0. The predicted molar refractivity (Wildman–Crippen MR) is 229 cm³/mol. The minimum Gasteiger partial charge on any atom is -0.386 e. The predicted octanol–water partition coefficient (Wildman–Crippen LogP) is 14.8. The minimum atomic E-state index is 0.248. The Morgan fingerprint density at radius 2 is 1.49 bits per heavy atom. The summed E-state index contributed by atoms with van der Waals surface area (Å²) in [5, 5.41) is 4.05. The van der Waals surface area contributed by atoms with E-state index >= 15 is 0 Å². The van der Waals surface area contributed by atoms with Crippen molar-refractivity contribution in [2.45, 2.75) is 191 Å². The molecule has 0 bridgehead atoms. The maximum Gasteiger partial charge on any atom is 0.0319 e. The van der Waals surface area contributed by atoms with Gasteiger partial charge in [0.25, 0.3) is 0 Å². The van der Waals surface area contributed by atoms with Crippen molar-refractivity contribution >= 4 is 28.2 Å². The molecular formula is C49H72IN. The SMILES string of the molecule is CCC(C)(CC)C1CC=C(C2CCC(I)(C(CC)(CC)c3ccc(C4=CC=C(NC5CCCC(C6CCC7=C(CC7)C6)C5)CC4)cc3)CC2)CC1. The Balaban J connectivity index is 0.956. The maximum absolute atomic E-state index is 4.05. The van der Waals surface area contributed by atoms with Crippen LogP contribution in [0.5, 0.6) is 0 Å². The fourth-order valence-corrected chi connectivity index (χ4v) is 14.1. The first-order valence-corrected chi connectivity index (χ1v) is 23.2. The molecule has 0 radical (unpaired) electrons. The largest absolute Gasteiger partial charge is 0.386 e. The first-order valence-electron chi connectivity index (χ1n) is 22.1. The third-order valence-electron chi connectivity index (χ3n) is 16.7. The highest BCUT2D eigenvalue weighted by molar-refractivity contribution is 14.1. The molecule has 280 valence electrons. The van der Waals surface area contributed by atoms with Crippen LogP contribution < -0.4 is 5.32 Å². The quantitative estimate of drug-likeness (QED) is 0.126. The van der Waals surface area contributed by atoms with Crippen molar-refractivity contribution in [3.8, 4) is 0 Å². The Morgan fingerprint density at radius 3 is 2.08 bits per heavy atom. The molecule has 1 aromatic carbocycles. The molecule has 1 aromatic rings. The number of rotatable bonds is 12. The van der Waals surface area contributed by atoms with E-state index in [0.717, 1.165) is 36.5 Å². The van der Waals surface area contributed by atoms with Gasteiger partial charge in [-0.15, -0.1) is 0 Å². The Labute approximate surface area is 327 Å². The molecule has 6 aliphatic carbocycles. The van der Waals surface area contributed by atoms with Crippen LogP contribution in [0.1, 0.15) is 187 Å². The zero-order chi connectivity index (χ0) is 35.6. The highest BCUT2D eigenvalue weighted by Gasteiger charge is 2.50.